The number of aliphatic hydroxyl groups is 2. The van der Waals surface area contributed by atoms with Crippen molar-refractivity contribution in [2.45, 2.75) is 30.7 Å². The number of hydrogen-bond acceptors (Lipinski definition) is 5. The summed E-state index contributed by atoms with van der Waals surface area (Å²) < 4.78 is 63.9. The Balaban J connectivity index is 1.72. The Morgan fingerprint density at radius 1 is 0.921 bits per heavy atom. The van der Waals surface area contributed by atoms with E-state index in [9.17, 15) is 37.4 Å². The van der Waals surface area contributed by atoms with E-state index in [-0.39, 0.29) is 49.2 Å². The van der Waals surface area contributed by atoms with Crippen LogP contribution in [0.15, 0.2) is 36.4 Å². The van der Waals surface area contributed by atoms with Crippen LogP contribution in [-0.2, 0) is 4.74 Å². The molecule has 0 radical (unpaired) electrons. The highest BCUT2D eigenvalue weighted by Gasteiger charge is 2.47. The van der Waals surface area contributed by atoms with Crippen LogP contribution in [0.2, 0.25) is 0 Å². The van der Waals surface area contributed by atoms with Gasteiger partial charge in [0, 0.05) is 27.1 Å². The molecule has 1 saturated heterocycles. The number of H-pyrrole nitrogens is 1. The van der Waals surface area contributed by atoms with Crippen molar-refractivity contribution in [3.05, 3.63) is 59.2 Å². The van der Waals surface area contributed by atoms with Crippen LogP contribution in [0.3, 0.4) is 0 Å². The largest absolute Gasteiger partial charge is 0.387 e. The number of alkyl halides is 2. The number of ether oxygens (including phenoxy) is 1. The molecule has 7 rings (SSSR count). The van der Waals surface area contributed by atoms with Crippen molar-refractivity contribution in [2.24, 2.45) is 0 Å². The number of carbonyl (C=O) groups excluding carboxylic acids is 2. The fraction of sp³-hybridized carbons (Fsp3) is 0.231. The molecule has 0 bridgehead atoms. The van der Waals surface area contributed by atoms with Gasteiger partial charge in [-0.3, -0.25) is 14.9 Å². The molecular formula is C26H17F4N3O5. The van der Waals surface area contributed by atoms with Gasteiger partial charge in [-0.15, -0.1) is 0 Å². The van der Waals surface area contributed by atoms with Crippen LogP contribution in [-0.4, -0.2) is 62.7 Å². The minimum Gasteiger partial charge on any atom is -0.387 e. The standard InChI is InChI=1S/C26H17F4N3O5/c27-7-14-19(30)22(34)23(35)26(38-14)33-13-4-2-9(29)6-11(13)16-18-17(24(36)32-25(18)37)15-10-5-8(28)1-3-12(10)31-20(15)21(16)33/h1-6,14,19,22-23,26,31,34-35H,7H2,(H,32,36,37)/t14-,19+,22+,23-,26?/m1/s1. The van der Waals surface area contributed by atoms with Crippen molar-refractivity contribution in [3.63, 3.8) is 0 Å². The second kappa shape index (κ2) is 7.76. The number of hydrogen-bond donors (Lipinski definition) is 4. The number of rotatable bonds is 2. The summed E-state index contributed by atoms with van der Waals surface area (Å²) >= 11 is 0. The molecule has 8 nitrogen and oxygen atoms in total. The van der Waals surface area contributed by atoms with E-state index in [2.05, 4.69) is 10.3 Å². The van der Waals surface area contributed by atoms with Crippen LogP contribution in [0.1, 0.15) is 26.9 Å². The molecule has 5 aromatic rings. The molecule has 5 atom stereocenters. The lowest BCUT2D eigenvalue weighted by atomic mass is 9.96. The number of nitrogens with zero attached hydrogens (tertiary/aromatic N) is 1. The molecule has 4 heterocycles. The fourth-order valence-corrected chi connectivity index (χ4v) is 5.83. The Kier molecular flexibility index (Phi) is 4.72. The van der Waals surface area contributed by atoms with Crippen LogP contribution in [0.4, 0.5) is 17.6 Å². The third-order valence-electron chi connectivity index (χ3n) is 7.44. The van der Waals surface area contributed by atoms with Crippen LogP contribution in [0.5, 0.6) is 0 Å². The minimum atomic E-state index is -2.22. The summed E-state index contributed by atoms with van der Waals surface area (Å²) in [7, 11) is 0. The monoisotopic (exact) mass is 527 g/mol. The first-order chi connectivity index (χ1) is 18.2. The molecular weight excluding hydrogens is 510 g/mol. The van der Waals surface area contributed by atoms with Gasteiger partial charge in [0.25, 0.3) is 11.8 Å². The number of benzene rings is 3. The van der Waals surface area contributed by atoms with Crippen molar-refractivity contribution in [1.82, 2.24) is 14.9 Å². The first kappa shape index (κ1) is 23.1. The molecule has 1 unspecified atom stereocenters. The molecule has 2 aliphatic rings. The summed E-state index contributed by atoms with van der Waals surface area (Å²) in [5, 5.41) is 24.2. The lowest BCUT2D eigenvalue weighted by Crippen LogP contribution is -2.54. The number of halogens is 4. The number of aliphatic hydroxyl groups excluding tert-OH is 2. The molecule has 0 spiro atoms. The summed E-state index contributed by atoms with van der Waals surface area (Å²) in [5.74, 6) is -2.79. The van der Waals surface area contributed by atoms with E-state index >= 15 is 0 Å². The zero-order valence-electron chi connectivity index (χ0n) is 19.1. The predicted octanol–water partition coefficient (Wildman–Crippen LogP) is 3.52. The second-order valence-corrected chi connectivity index (χ2v) is 9.50. The number of fused-ring (bicyclic) bond motifs is 10. The summed E-state index contributed by atoms with van der Waals surface area (Å²) in [6.07, 6.45) is -9.43. The maximum Gasteiger partial charge on any atom is 0.259 e. The predicted molar refractivity (Wildman–Crippen MR) is 127 cm³/mol. The van der Waals surface area contributed by atoms with Crippen LogP contribution >= 0.6 is 0 Å². The number of aromatic amines is 1. The smallest absolute Gasteiger partial charge is 0.259 e. The van der Waals surface area contributed by atoms with Gasteiger partial charge in [0.2, 0.25) is 0 Å². The number of carbonyl (C=O) groups is 2. The molecule has 1 fully saturated rings. The molecule has 194 valence electrons. The molecule has 38 heavy (non-hydrogen) atoms. The van der Waals surface area contributed by atoms with Crippen molar-refractivity contribution in [2.75, 3.05) is 6.67 Å². The first-order valence-corrected chi connectivity index (χ1v) is 11.7. The van der Waals surface area contributed by atoms with E-state index < -0.39 is 60.8 Å². The van der Waals surface area contributed by atoms with E-state index in [4.69, 9.17) is 4.74 Å². The van der Waals surface area contributed by atoms with Crippen molar-refractivity contribution in [3.8, 4) is 0 Å². The number of imide groups is 1. The maximum atomic E-state index is 14.5. The van der Waals surface area contributed by atoms with Gasteiger partial charge in [-0.05, 0) is 36.4 Å². The van der Waals surface area contributed by atoms with Gasteiger partial charge in [0.1, 0.15) is 36.6 Å². The summed E-state index contributed by atoms with van der Waals surface area (Å²) in [5.41, 5.74) is 0.792. The van der Waals surface area contributed by atoms with Crippen LogP contribution < -0.4 is 5.32 Å². The molecule has 4 N–H and O–H groups in total. The molecule has 3 aromatic carbocycles. The van der Waals surface area contributed by atoms with Gasteiger partial charge in [0.05, 0.1) is 27.7 Å². The number of amides is 2. The summed E-state index contributed by atoms with van der Waals surface area (Å²) in [4.78, 5) is 29.2. The average molecular weight is 527 g/mol. The molecule has 0 aliphatic carbocycles. The third kappa shape index (κ3) is 2.84. The normalized spacial score (nSPS) is 25.7. The second-order valence-electron chi connectivity index (χ2n) is 9.50. The number of nitrogens with one attached hydrogen (secondary N) is 2. The first-order valence-electron chi connectivity index (χ1n) is 11.7. The zero-order valence-corrected chi connectivity index (χ0v) is 19.1. The highest BCUT2D eigenvalue weighted by molar-refractivity contribution is 6.39. The lowest BCUT2D eigenvalue weighted by molar-refractivity contribution is -0.229. The maximum absolute atomic E-state index is 14.5. The highest BCUT2D eigenvalue weighted by atomic mass is 19.1. The van der Waals surface area contributed by atoms with Gasteiger partial charge < -0.3 is 24.5 Å². The average Bonchev–Trinajstić information content (AvgIpc) is 3.51. The Bertz CT molecular complexity index is 1860. The molecule has 2 amide bonds. The topological polar surface area (TPSA) is 117 Å². The number of aromatic nitrogens is 2. The lowest BCUT2D eigenvalue weighted by Gasteiger charge is -2.39. The van der Waals surface area contributed by atoms with Gasteiger partial charge in [-0.1, -0.05) is 0 Å². The third-order valence-corrected chi connectivity index (χ3v) is 7.44. The van der Waals surface area contributed by atoms with Gasteiger partial charge in [0.15, 0.2) is 12.4 Å². The summed E-state index contributed by atoms with van der Waals surface area (Å²) in [6.45, 7) is -1.30. The van der Waals surface area contributed by atoms with Crippen molar-refractivity contribution >= 4 is 55.4 Å². The van der Waals surface area contributed by atoms with E-state index in [0.717, 1.165) is 12.1 Å². The van der Waals surface area contributed by atoms with Gasteiger partial charge in [-0.2, -0.15) is 0 Å². The van der Waals surface area contributed by atoms with Gasteiger partial charge in [-0.25, -0.2) is 17.6 Å². The van der Waals surface area contributed by atoms with E-state index in [1.807, 2.05) is 0 Å². The quantitative estimate of drug-likeness (QED) is 0.207. The molecule has 12 heteroatoms. The molecule has 2 aromatic heterocycles. The SMILES string of the molecule is O=C1NC(=O)c2c1c1c3cc(F)ccc3[nH]c1c1c2c2cc(F)ccc2n1C1O[C@H](CF)[C@H](F)[C@H](O)[C@H]1O. The van der Waals surface area contributed by atoms with Gasteiger partial charge >= 0.3 is 0 Å². The van der Waals surface area contributed by atoms with Crippen molar-refractivity contribution in [1.29, 1.82) is 0 Å². The Hall–Kier alpha value is -4.00. The Morgan fingerprint density at radius 2 is 1.58 bits per heavy atom. The highest BCUT2D eigenvalue weighted by Crippen LogP contribution is 2.46. The summed E-state index contributed by atoms with van der Waals surface area (Å²) in [6, 6.07) is 7.38. The zero-order chi connectivity index (χ0) is 26.6. The van der Waals surface area contributed by atoms with E-state index in [0.29, 0.717) is 5.52 Å². The molecule has 2 aliphatic heterocycles. The fourth-order valence-electron chi connectivity index (χ4n) is 5.83. The minimum absolute atomic E-state index is 0.0479. The Labute approximate surface area is 209 Å². The van der Waals surface area contributed by atoms with E-state index in [1.54, 1.807) is 0 Å². The molecule has 0 saturated carbocycles. The van der Waals surface area contributed by atoms with Crippen LogP contribution in [0, 0.1) is 11.6 Å². The van der Waals surface area contributed by atoms with Crippen molar-refractivity contribution < 1.29 is 42.1 Å². The Morgan fingerprint density at radius 3 is 2.29 bits per heavy atom. The van der Waals surface area contributed by atoms with E-state index in [1.165, 1.54) is 28.8 Å². The van der Waals surface area contributed by atoms with Crippen LogP contribution in [0.25, 0.3) is 43.6 Å².